The standard InChI is InChI=1S/C12H18N2O3S/c1-12(2,9-4-3-5-18-9)7-14-11(17)8(13)6-10(15)16/h3-5,8H,6-7,13H2,1-2H3,(H,14,17)(H,15,16). The number of nitrogens with two attached hydrogens (primary N) is 1. The van der Waals surface area contributed by atoms with Gasteiger partial charge < -0.3 is 16.2 Å². The normalized spacial score (nSPS) is 13.1. The summed E-state index contributed by atoms with van der Waals surface area (Å²) in [7, 11) is 0. The fraction of sp³-hybridized carbons (Fsp3) is 0.500. The van der Waals surface area contributed by atoms with Crippen molar-refractivity contribution in [3.05, 3.63) is 22.4 Å². The lowest BCUT2D eigenvalue weighted by Crippen LogP contribution is -2.45. The fourth-order valence-corrected chi connectivity index (χ4v) is 2.32. The van der Waals surface area contributed by atoms with Gasteiger partial charge in [0.05, 0.1) is 12.5 Å². The first-order valence-electron chi connectivity index (χ1n) is 5.62. The third kappa shape index (κ3) is 4.12. The molecule has 0 bridgehead atoms. The summed E-state index contributed by atoms with van der Waals surface area (Å²) in [6, 6.07) is 2.97. The van der Waals surface area contributed by atoms with E-state index in [-0.39, 0.29) is 11.8 Å². The highest BCUT2D eigenvalue weighted by atomic mass is 32.1. The van der Waals surface area contributed by atoms with Crippen LogP contribution in [0, 0.1) is 0 Å². The third-order valence-electron chi connectivity index (χ3n) is 2.62. The molecule has 0 aliphatic heterocycles. The van der Waals surface area contributed by atoms with Crippen molar-refractivity contribution in [2.75, 3.05) is 6.54 Å². The molecule has 0 aromatic carbocycles. The second kappa shape index (κ2) is 5.97. The maximum absolute atomic E-state index is 11.6. The van der Waals surface area contributed by atoms with Gasteiger partial charge in [-0.3, -0.25) is 9.59 Å². The number of aliphatic carboxylic acids is 1. The zero-order chi connectivity index (χ0) is 13.8. The Morgan fingerprint density at radius 1 is 1.56 bits per heavy atom. The van der Waals surface area contributed by atoms with E-state index < -0.39 is 17.9 Å². The van der Waals surface area contributed by atoms with Crippen molar-refractivity contribution in [2.24, 2.45) is 5.73 Å². The summed E-state index contributed by atoms with van der Waals surface area (Å²) in [6.45, 7) is 4.46. The van der Waals surface area contributed by atoms with Gasteiger partial charge >= 0.3 is 5.97 Å². The summed E-state index contributed by atoms with van der Waals surface area (Å²) in [6.07, 6.45) is -0.356. The van der Waals surface area contributed by atoms with Crippen molar-refractivity contribution < 1.29 is 14.7 Å². The van der Waals surface area contributed by atoms with Crippen molar-refractivity contribution in [1.29, 1.82) is 0 Å². The van der Waals surface area contributed by atoms with Crippen molar-refractivity contribution in [1.82, 2.24) is 5.32 Å². The second-order valence-corrected chi connectivity index (χ2v) is 5.73. The SMILES string of the molecule is CC(C)(CNC(=O)C(N)CC(=O)O)c1cccs1. The predicted octanol–water partition coefficient (Wildman–Crippen LogP) is 0.944. The van der Waals surface area contributed by atoms with Crippen molar-refractivity contribution in [3.8, 4) is 0 Å². The molecule has 0 radical (unpaired) electrons. The van der Waals surface area contributed by atoms with Crippen LogP contribution in [0.3, 0.4) is 0 Å². The highest BCUT2D eigenvalue weighted by Gasteiger charge is 2.24. The minimum Gasteiger partial charge on any atom is -0.481 e. The number of rotatable bonds is 6. The van der Waals surface area contributed by atoms with Crippen LogP contribution in [-0.4, -0.2) is 29.6 Å². The van der Waals surface area contributed by atoms with E-state index in [0.717, 1.165) is 4.88 Å². The first-order valence-corrected chi connectivity index (χ1v) is 6.50. The van der Waals surface area contributed by atoms with Gasteiger partial charge in [-0.25, -0.2) is 0 Å². The van der Waals surface area contributed by atoms with Crippen LogP contribution in [-0.2, 0) is 15.0 Å². The lowest BCUT2D eigenvalue weighted by Gasteiger charge is -2.24. The number of hydrogen-bond acceptors (Lipinski definition) is 4. The highest BCUT2D eigenvalue weighted by molar-refractivity contribution is 7.10. The van der Waals surface area contributed by atoms with E-state index >= 15 is 0 Å². The van der Waals surface area contributed by atoms with Crippen LogP contribution in [0.25, 0.3) is 0 Å². The van der Waals surface area contributed by atoms with Crippen molar-refractivity contribution in [2.45, 2.75) is 31.7 Å². The summed E-state index contributed by atoms with van der Waals surface area (Å²) < 4.78 is 0. The van der Waals surface area contributed by atoms with Gasteiger partial charge in [0.1, 0.15) is 0 Å². The summed E-state index contributed by atoms with van der Waals surface area (Å²) in [5, 5.41) is 13.2. The van der Waals surface area contributed by atoms with Gasteiger partial charge in [0.15, 0.2) is 0 Å². The molecule has 1 heterocycles. The Hall–Kier alpha value is -1.40. The monoisotopic (exact) mass is 270 g/mol. The number of carboxylic acids is 1. The first-order chi connectivity index (χ1) is 8.33. The van der Waals surface area contributed by atoms with E-state index in [1.807, 2.05) is 31.4 Å². The number of hydrogen-bond donors (Lipinski definition) is 3. The lowest BCUT2D eigenvalue weighted by atomic mass is 9.91. The topological polar surface area (TPSA) is 92.4 Å². The van der Waals surface area contributed by atoms with Gasteiger partial charge in [0.2, 0.25) is 5.91 Å². The molecule has 1 aromatic heterocycles. The van der Waals surface area contributed by atoms with E-state index in [4.69, 9.17) is 10.8 Å². The van der Waals surface area contributed by atoms with Crippen LogP contribution in [0.5, 0.6) is 0 Å². The van der Waals surface area contributed by atoms with Crippen LogP contribution in [0.1, 0.15) is 25.1 Å². The summed E-state index contributed by atoms with van der Waals surface area (Å²) in [5.41, 5.74) is 5.29. The van der Waals surface area contributed by atoms with Crippen LogP contribution >= 0.6 is 11.3 Å². The van der Waals surface area contributed by atoms with Gasteiger partial charge in [-0.05, 0) is 11.4 Å². The molecule has 0 fully saturated rings. The zero-order valence-electron chi connectivity index (χ0n) is 10.5. The first kappa shape index (κ1) is 14.7. The third-order valence-corrected chi connectivity index (χ3v) is 3.86. The number of nitrogens with one attached hydrogen (secondary N) is 1. The van der Waals surface area contributed by atoms with Gasteiger partial charge in [-0.1, -0.05) is 19.9 Å². The average Bonchev–Trinajstić information content (AvgIpc) is 2.78. The molecule has 1 amide bonds. The molecule has 1 atom stereocenters. The summed E-state index contributed by atoms with van der Waals surface area (Å²) >= 11 is 1.62. The number of carbonyl (C=O) groups is 2. The Morgan fingerprint density at radius 2 is 2.22 bits per heavy atom. The maximum atomic E-state index is 11.6. The fourth-order valence-electron chi connectivity index (χ4n) is 1.47. The van der Waals surface area contributed by atoms with Crippen LogP contribution in [0.4, 0.5) is 0 Å². The molecule has 100 valence electrons. The molecule has 0 aliphatic carbocycles. The molecule has 0 saturated carbocycles. The molecule has 1 aromatic rings. The Labute approximate surface area is 110 Å². The van der Waals surface area contributed by atoms with E-state index in [0.29, 0.717) is 6.54 Å². The Balaban J connectivity index is 2.50. The average molecular weight is 270 g/mol. The van der Waals surface area contributed by atoms with Gasteiger partial charge in [0.25, 0.3) is 0 Å². The molecule has 5 nitrogen and oxygen atoms in total. The minimum absolute atomic E-state index is 0.188. The molecular weight excluding hydrogens is 252 g/mol. The van der Waals surface area contributed by atoms with Gasteiger partial charge in [0, 0.05) is 16.8 Å². The Bertz CT molecular complexity index is 415. The molecule has 6 heteroatoms. The molecule has 0 aliphatic rings. The smallest absolute Gasteiger partial charge is 0.305 e. The molecule has 1 unspecified atom stereocenters. The molecule has 0 saturated heterocycles. The predicted molar refractivity (Wildman–Crippen MR) is 70.6 cm³/mol. The minimum atomic E-state index is -1.07. The zero-order valence-corrected chi connectivity index (χ0v) is 11.3. The number of carboxylic acid groups (broad SMARTS) is 1. The highest BCUT2D eigenvalue weighted by Crippen LogP contribution is 2.26. The van der Waals surface area contributed by atoms with Gasteiger partial charge in [-0.15, -0.1) is 11.3 Å². The summed E-state index contributed by atoms with van der Waals surface area (Å²) in [5.74, 6) is -1.50. The van der Waals surface area contributed by atoms with E-state index in [2.05, 4.69) is 5.32 Å². The molecular formula is C12H18N2O3S. The molecule has 1 rings (SSSR count). The van der Waals surface area contributed by atoms with E-state index in [9.17, 15) is 9.59 Å². The van der Waals surface area contributed by atoms with E-state index in [1.54, 1.807) is 11.3 Å². The number of amides is 1. The van der Waals surface area contributed by atoms with Crippen LogP contribution < -0.4 is 11.1 Å². The molecule has 18 heavy (non-hydrogen) atoms. The van der Waals surface area contributed by atoms with Crippen molar-refractivity contribution >= 4 is 23.2 Å². The van der Waals surface area contributed by atoms with Crippen LogP contribution in [0.15, 0.2) is 17.5 Å². The van der Waals surface area contributed by atoms with Crippen molar-refractivity contribution in [3.63, 3.8) is 0 Å². The lowest BCUT2D eigenvalue weighted by molar-refractivity contribution is -0.139. The molecule has 4 N–H and O–H groups in total. The Kier molecular flexibility index (Phi) is 4.86. The summed E-state index contributed by atoms with van der Waals surface area (Å²) in [4.78, 5) is 23.2. The maximum Gasteiger partial charge on any atom is 0.305 e. The second-order valence-electron chi connectivity index (χ2n) is 4.78. The number of thiophene rings is 1. The molecule has 0 spiro atoms. The van der Waals surface area contributed by atoms with E-state index in [1.165, 1.54) is 0 Å². The van der Waals surface area contributed by atoms with Gasteiger partial charge in [-0.2, -0.15) is 0 Å². The number of carbonyl (C=O) groups excluding carboxylic acids is 1. The quantitative estimate of drug-likeness (QED) is 0.717. The Morgan fingerprint density at radius 3 is 2.72 bits per heavy atom. The van der Waals surface area contributed by atoms with Crippen LogP contribution in [0.2, 0.25) is 0 Å². The largest absolute Gasteiger partial charge is 0.481 e.